The van der Waals surface area contributed by atoms with E-state index in [-0.39, 0.29) is 23.9 Å². The number of ether oxygens (including phenoxy) is 2. The maximum Gasteiger partial charge on any atom is 0.223 e. The van der Waals surface area contributed by atoms with Crippen molar-refractivity contribution in [1.29, 1.82) is 0 Å². The Balaban J connectivity index is 1.26. The fourth-order valence-electron chi connectivity index (χ4n) is 3.82. The highest BCUT2D eigenvalue weighted by molar-refractivity contribution is 5.78. The highest BCUT2D eigenvalue weighted by Gasteiger charge is 2.34. The van der Waals surface area contributed by atoms with Crippen LogP contribution < -0.4 is 14.8 Å². The van der Waals surface area contributed by atoms with Crippen molar-refractivity contribution in [3.8, 4) is 11.5 Å². The monoisotopic (exact) mass is 384 g/mol. The van der Waals surface area contributed by atoms with Crippen LogP contribution in [-0.2, 0) is 11.3 Å². The molecular formula is C22H25FN2O3. The van der Waals surface area contributed by atoms with Crippen molar-refractivity contribution in [3.05, 3.63) is 59.9 Å². The van der Waals surface area contributed by atoms with Crippen molar-refractivity contribution >= 4 is 5.91 Å². The number of carbonyl (C=O) groups excluding carboxylic acids is 1. The van der Waals surface area contributed by atoms with Crippen LogP contribution in [0.15, 0.2) is 48.5 Å². The molecule has 0 radical (unpaired) electrons. The van der Waals surface area contributed by atoms with E-state index in [1.807, 2.05) is 29.2 Å². The molecule has 2 atom stereocenters. The predicted molar refractivity (Wildman–Crippen MR) is 104 cm³/mol. The number of fused-ring (bicyclic) bond motifs is 1. The van der Waals surface area contributed by atoms with Crippen molar-refractivity contribution in [2.24, 2.45) is 0 Å². The molecule has 2 aromatic carbocycles. The molecule has 0 aliphatic carbocycles. The molecule has 1 N–H and O–H groups in total. The summed E-state index contributed by atoms with van der Waals surface area (Å²) in [5.74, 6) is 1.46. The van der Waals surface area contributed by atoms with Gasteiger partial charge in [-0.2, -0.15) is 0 Å². The molecule has 1 fully saturated rings. The summed E-state index contributed by atoms with van der Waals surface area (Å²) in [5, 5.41) is 3.38. The Kier molecular flexibility index (Phi) is 5.76. The van der Waals surface area contributed by atoms with Crippen LogP contribution in [0.2, 0.25) is 0 Å². The topological polar surface area (TPSA) is 50.8 Å². The Bertz CT molecular complexity index is 812. The van der Waals surface area contributed by atoms with Crippen LogP contribution in [0.3, 0.4) is 0 Å². The highest BCUT2D eigenvalue weighted by atomic mass is 19.1. The number of likely N-dealkylation sites (tertiary alicyclic amines) is 1. The van der Waals surface area contributed by atoms with E-state index in [9.17, 15) is 9.18 Å². The van der Waals surface area contributed by atoms with Crippen LogP contribution in [0.4, 0.5) is 4.39 Å². The van der Waals surface area contributed by atoms with Gasteiger partial charge in [0.15, 0.2) is 17.6 Å². The molecule has 1 amide bonds. The molecule has 148 valence electrons. The average molecular weight is 384 g/mol. The van der Waals surface area contributed by atoms with Gasteiger partial charge in [0.25, 0.3) is 0 Å². The van der Waals surface area contributed by atoms with Crippen LogP contribution in [0.1, 0.15) is 24.8 Å². The third-order valence-corrected chi connectivity index (χ3v) is 5.32. The third kappa shape index (κ3) is 4.44. The second kappa shape index (κ2) is 8.61. The number of nitrogens with one attached hydrogen (secondary N) is 1. The minimum Gasteiger partial charge on any atom is -0.486 e. The zero-order valence-corrected chi connectivity index (χ0v) is 15.8. The zero-order chi connectivity index (χ0) is 19.3. The van der Waals surface area contributed by atoms with Gasteiger partial charge in [-0.05, 0) is 49.2 Å². The molecule has 2 aliphatic rings. The number of rotatable bonds is 7. The molecule has 0 spiro atoms. The zero-order valence-electron chi connectivity index (χ0n) is 15.8. The maximum atomic E-state index is 13.0. The van der Waals surface area contributed by atoms with E-state index in [4.69, 9.17) is 9.47 Å². The molecule has 1 saturated heterocycles. The first-order valence-corrected chi connectivity index (χ1v) is 9.82. The number of hydrogen-bond acceptors (Lipinski definition) is 4. The minimum atomic E-state index is -0.222. The number of halogens is 1. The van der Waals surface area contributed by atoms with Gasteiger partial charge in [0.05, 0.1) is 6.54 Å². The van der Waals surface area contributed by atoms with Gasteiger partial charge in [0.1, 0.15) is 12.4 Å². The van der Waals surface area contributed by atoms with E-state index >= 15 is 0 Å². The molecule has 28 heavy (non-hydrogen) atoms. The van der Waals surface area contributed by atoms with Gasteiger partial charge in [-0.1, -0.05) is 24.3 Å². The van der Waals surface area contributed by atoms with Crippen LogP contribution in [0.5, 0.6) is 11.5 Å². The summed E-state index contributed by atoms with van der Waals surface area (Å²) in [6.07, 6.45) is 2.21. The molecule has 4 rings (SSSR count). The van der Waals surface area contributed by atoms with Crippen LogP contribution >= 0.6 is 0 Å². The largest absolute Gasteiger partial charge is 0.486 e. The summed E-state index contributed by atoms with van der Waals surface area (Å²) in [4.78, 5) is 14.3. The summed E-state index contributed by atoms with van der Waals surface area (Å²) in [7, 11) is 0. The smallest absolute Gasteiger partial charge is 0.223 e. The Labute approximate surface area is 164 Å². The molecule has 6 heteroatoms. The predicted octanol–water partition coefficient (Wildman–Crippen LogP) is 3.14. The molecule has 5 nitrogen and oxygen atoms in total. The summed E-state index contributed by atoms with van der Waals surface area (Å²) in [6.45, 7) is 2.50. The van der Waals surface area contributed by atoms with Crippen molar-refractivity contribution in [1.82, 2.24) is 10.2 Å². The molecular weight excluding hydrogens is 359 g/mol. The lowest BCUT2D eigenvalue weighted by molar-refractivity contribution is -0.130. The Morgan fingerprint density at radius 2 is 1.89 bits per heavy atom. The van der Waals surface area contributed by atoms with E-state index in [1.165, 1.54) is 12.1 Å². The molecule has 2 aromatic rings. The van der Waals surface area contributed by atoms with Gasteiger partial charge >= 0.3 is 0 Å². The van der Waals surface area contributed by atoms with Crippen molar-refractivity contribution in [3.63, 3.8) is 0 Å². The molecule has 2 heterocycles. The number of hydrogen-bond donors (Lipinski definition) is 1. The molecule has 2 aliphatic heterocycles. The number of nitrogens with zero attached hydrogens (tertiary/aromatic N) is 1. The second-order valence-corrected chi connectivity index (χ2v) is 7.33. The molecule has 0 saturated carbocycles. The van der Waals surface area contributed by atoms with Crippen molar-refractivity contribution < 1.29 is 18.7 Å². The molecule has 0 unspecified atom stereocenters. The average Bonchev–Trinajstić information content (AvgIpc) is 3.06. The maximum absolute atomic E-state index is 13.0. The quantitative estimate of drug-likeness (QED) is 0.745. The van der Waals surface area contributed by atoms with Crippen molar-refractivity contribution in [2.75, 3.05) is 19.7 Å². The fraction of sp³-hybridized carbons (Fsp3) is 0.409. The lowest BCUT2D eigenvalue weighted by atomic mass is 10.1. The van der Waals surface area contributed by atoms with Crippen LogP contribution in [0, 0.1) is 5.82 Å². The third-order valence-electron chi connectivity index (χ3n) is 5.32. The van der Waals surface area contributed by atoms with Gasteiger partial charge in [-0.15, -0.1) is 0 Å². The van der Waals surface area contributed by atoms with Gasteiger partial charge < -0.3 is 19.7 Å². The van der Waals surface area contributed by atoms with E-state index in [1.54, 1.807) is 12.1 Å². The number of carbonyl (C=O) groups is 1. The molecule has 0 aromatic heterocycles. The standard InChI is InChI=1S/C22H25FN2O3/c23-17-7-5-16(6-8-17)13-24-12-11-18-9-10-22(26)25(18)14-19-15-27-20-3-1-2-4-21(20)28-19/h1-8,18-19,24H,9-15H2/t18-,19-/m1/s1. The summed E-state index contributed by atoms with van der Waals surface area (Å²) < 4.78 is 24.7. The van der Waals surface area contributed by atoms with E-state index < -0.39 is 0 Å². The number of para-hydroxylation sites is 2. The summed E-state index contributed by atoms with van der Waals surface area (Å²) in [5.41, 5.74) is 1.05. The van der Waals surface area contributed by atoms with Gasteiger partial charge in [0.2, 0.25) is 5.91 Å². The van der Waals surface area contributed by atoms with Crippen LogP contribution in [-0.4, -0.2) is 42.6 Å². The highest BCUT2D eigenvalue weighted by Crippen LogP contribution is 2.32. The minimum absolute atomic E-state index is 0.147. The van der Waals surface area contributed by atoms with E-state index in [0.29, 0.717) is 26.1 Å². The van der Waals surface area contributed by atoms with Gasteiger partial charge in [-0.25, -0.2) is 4.39 Å². The number of benzene rings is 2. The van der Waals surface area contributed by atoms with Gasteiger partial charge in [-0.3, -0.25) is 4.79 Å². The SMILES string of the molecule is O=C1CC[C@H](CCNCc2ccc(F)cc2)N1C[C@@H]1COc2ccccc2O1. The molecule has 0 bridgehead atoms. The van der Waals surface area contributed by atoms with Crippen molar-refractivity contribution in [2.45, 2.75) is 38.0 Å². The van der Waals surface area contributed by atoms with Gasteiger partial charge in [0, 0.05) is 19.0 Å². The van der Waals surface area contributed by atoms with E-state index in [2.05, 4.69) is 5.32 Å². The lowest BCUT2D eigenvalue weighted by Gasteiger charge is -2.32. The second-order valence-electron chi connectivity index (χ2n) is 7.33. The lowest BCUT2D eigenvalue weighted by Crippen LogP contribution is -2.45. The first-order chi connectivity index (χ1) is 13.7. The van der Waals surface area contributed by atoms with Crippen LogP contribution in [0.25, 0.3) is 0 Å². The Hall–Kier alpha value is -2.60. The Morgan fingerprint density at radius 3 is 2.71 bits per heavy atom. The number of amides is 1. The Morgan fingerprint density at radius 1 is 1.11 bits per heavy atom. The van der Waals surface area contributed by atoms with E-state index in [0.717, 1.165) is 36.4 Å². The summed E-state index contributed by atoms with van der Waals surface area (Å²) >= 11 is 0. The first kappa shape index (κ1) is 18.7. The normalized spacial score (nSPS) is 21.2. The first-order valence-electron chi connectivity index (χ1n) is 9.82. The summed E-state index contributed by atoms with van der Waals surface area (Å²) in [6, 6.07) is 14.3. The fourth-order valence-corrected chi connectivity index (χ4v) is 3.82.